The molecule has 0 spiro atoms. The molecular weight excluding hydrogens is 447 g/mol. The molecule has 0 saturated heterocycles. The maximum atomic E-state index is 2.49. The van der Waals surface area contributed by atoms with Crippen LogP contribution in [0.4, 0.5) is 34.1 Å². The Morgan fingerprint density at radius 2 is 0.784 bits per heavy atom. The largest absolute Gasteiger partial charge is 0.311 e. The van der Waals surface area contributed by atoms with Crippen LogP contribution in [0.25, 0.3) is 0 Å². The Hall–Kier alpha value is -4.24. The number of fused-ring (bicyclic) bond motifs is 4. The highest BCUT2D eigenvalue weighted by atomic mass is 15.2. The minimum absolute atomic E-state index is 0.182. The van der Waals surface area contributed by atoms with E-state index in [2.05, 4.69) is 141 Å². The molecular formula is C34H29BN2. The minimum Gasteiger partial charge on any atom is -0.311 e. The number of hydrogen-bond donors (Lipinski definition) is 0. The molecule has 0 radical (unpaired) electrons. The lowest BCUT2D eigenvalue weighted by atomic mass is 9.33. The number of nitrogens with zero attached hydrogens (tertiary/aromatic N) is 2. The van der Waals surface area contributed by atoms with Gasteiger partial charge in [0.1, 0.15) is 0 Å². The standard InChI is InChI=1S/C34H29BN2/c1-22-12-9-18-28(24(22)3)36-30-16-7-5-14-26(30)35-27-15-6-8-17-31(27)37(29-19-10-13-23(2)25(29)4)33-21-11-20-32(36)34(33)35/h5-21H,1-4H3. The average molecular weight is 476 g/mol. The third-order valence-electron chi connectivity index (χ3n) is 8.44. The zero-order chi connectivity index (χ0) is 25.3. The Kier molecular flexibility index (Phi) is 4.84. The normalized spacial score (nSPS) is 13.2. The molecule has 0 atom stereocenters. The molecule has 2 aliphatic rings. The highest BCUT2D eigenvalue weighted by Gasteiger charge is 2.43. The fourth-order valence-corrected chi connectivity index (χ4v) is 6.31. The van der Waals surface area contributed by atoms with Gasteiger partial charge in [-0.15, -0.1) is 0 Å². The van der Waals surface area contributed by atoms with Crippen molar-refractivity contribution in [3.8, 4) is 0 Å². The second kappa shape index (κ2) is 8.14. The molecule has 0 amide bonds. The first-order valence-corrected chi connectivity index (χ1v) is 13.1. The Bertz CT molecular complexity index is 1580. The van der Waals surface area contributed by atoms with E-state index in [1.165, 1.54) is 72.8 Å². The van der Waals surface area contributed by atoms with Crippen molar-refractivity contribution in [2.75, 3.05) is 9.80 Å². The van der Waals surface area contributed by atoms with Crippen LogP contribution in [0.1, 0.15) is 22.3 Å². The van der Waals surface area contributed by atoms with Crippen LogP contribution in [-0.4, -0.2) is 6.71 Å². The van der Waals surface area contributed by atoms with E-state index in [9.17, 15) is 0 Å². The lowest BCUT2D eigenvalue weighted by molar-refractivity contribution is 1.20. The van der Waals surface area contributed by atoms with E-state index in [0.717, 1.165) is 0 Å². The number of anilines is 6. The molecule has 2 heterocycles. The topological polar surface area (TPSA) is 6.48 Å². The maximum absolute atomic E-state index is 2.49. The van der Waals surface area contributed by atoms with Gasteiger partial charge in [-0.3, -0.25) is 0 Å². The second-order valence-corrected chi connectivity index (χ2v) is 10.4. The summed E-state index contributed by atoms with van der Waals surface area (Å²) in [4.78, 5) is 4.98. The highest BCUT2D eigenvalue weighted by Crippen LogP contribution is 2.45. The van der Waals surface area contributed by atoms with Gasteiger partial charge in [0.2, 0.25) is 0 Å². The quantitative estimate of drug-likeness (QED) is 0.248. The van der Waals surface area contributed by atoms with Gasteiger partial charge in [-0.25, -0.2) is 0 Å². The average Bonchev–Trinajstić information content (AvgIpc) is 2.92. The third kappa shape index (κ3) is 3.07. The zero-order valence-electron chi connectivity index (χ0n) is 21.8. The number of aryl methyl sites for hydroxylation is 2. The first kappa shape index (κ1) is 22.0. The fourth-order valence-electron chi connectivity index (χ4n) is 6.31. The van der Waals surface area contributed by atoms with Gasteiger partial charge < -0.3 is 9.80 Å². The van der Waals surface area contributed by atoms with Crippen molar-refractivity contribution in [2.45, 2.75) is 27.7 Å². The van der Waals surface area contributed by atoms with E-state index < -0.39 is 0 Å². The molecule has 7 rings (SSSR count). The van der Waals surface area contributed by atoms with Gasteiger partial charge >= 0.3 is 0 Å². The van der Waals surface area contributed by atoms with Crippen LogP contribution in [0, 0.1) is 27.7 Å². The van der Waals surface area contributed by atoms with Gasteiger partial charge in [-0.1, -0.05) is 66.7 Å². The molecule has 2 aliphatic heterocycles. The van der Waals surface area contributed by atoms with E-state index in [1.54, 1.807) is 0 Å². The lowest BCUT2D eigenvalue weighted by Crippen LogP contribution is -2.61. The van der Waals surface area contributed by atoms with Gasteiger partial charge in [0.25, 0.3) is 6.71 Å². The summed E-state index contributed by atoms with van der Waals surface area (Å²) in [5.41, 5.74) is 16.9. The van der Waals surface area contributed by atoms with E-state index in [4.69, 9.17) is 0 Å². The van der Waals surface area contributed by atoms with Crippen LogP contribution in [0.15, 0.2) is 103 Å². The molecule has 5 aromatic carbocycles. The van der Waals surface area contributed by atoms with Gasteiger partial charge in [-0.05, 0) is 103 Å². The summed E-state index contributed by atoms with van der Waals surface area (Å²) < 4.78 is 0. The van der Waals surface area contributed by atoms with Crippen molar-refractivity contribution in [1.82, 2.24) is 0 Å². The van der Waals surface area contributed by atoms with Crippen LogP contribution in [0.5, 0.6) is 0 Å². The van der Waals surface area contributed by atoms with Crippen molar-refractivity contribution in [1.29, 1.82) is 0 Å². The summed E-state index contributed by atoms with van der Waals surface area (Å²) >= 11 is 0. The van der Waals surface area contributed by atoms with Crippen molar-refractivity contribution in [3.63, 3.8) is 0 Å². The van der Waals surface area contributed by atoms with Crippen LogP contribution in [0.2, 0.25) is 0 Å². The number of hydrogen-bond acceptors (Lipinski definition) is 2. The van der Waals surface area contributed by atoms with E-state index >= 15 is 0 Å². The molecule has 3 heteroatoms. The van der Waals surface area contributed by atoms with Gasteiger partial charge in [-0.2, -0.15) is 0 Å². The molecule has 0 bridgehead atoms. The lowest BCUT2D eigenvalue weighted by Gasteiger charge is -2.44. The number of para-hydroxylation sites is 2. The summed E-state index contributed by atoms with van der Waals surface area (Å²) in [5, 5.41) is 0. The summed E-state index contributed by atoms with van der Waals surface area (Å²) in [6.07, 6.45) is 0. The summed E-state index contributed by atoms with van der Waals surface area (Å²) in [7, 11) is 0. The number of rotatable bonds is 2. The molecule has 0 saturated carbocycles. The fraction of sp³-hybridized carbons (Fsp3) is 0.118. The van der Waals surface area contributed by atoms with Crippen LogP contribution in [-0.2, 0) is 0 Å². The van der Waals surface area contributed by atoms with E-state index in [-0.39, 0.29) is 6.71 Å². The van der Waals surface area contributed by atoms with Crippen molar-refractivity contribution in [3.05, 3.63) is 125 Å². The SMILES string of the molecule is Cc1cccc(N2c3ccccc3B3c4ccccc4N(c4cccc(C)c4C)c4cccc2c43)c1C. The Balaban J connectivity index is 1.59. The van der Waals surface area contributed by atoms with Gasteiger partial charge in [0, 0.05) is 34.1 Å². The van der Waals surface area contributed by atoms with Gasteiger partial charge in [0.05, 0.1) is 0 Å². The minimum atomic E-state index is 0.182. The molecule has 0 unspecified atom stereocenters. The molecule has 0 aliphatic carbocycles. The first-order valence-electron chi connectivity index (χ1n) is 13.1. The monoisotopic (exact) mass is 476 g/mol. The first-order chi connectivity index (χ1) is 18.1. The smallest absolute Gasteiger partial charge is 0.252 e. The Labute approximate surface area is 219 Å². The van der Waals surface area contributed by atoms with Crippen LogP contribution in [0.3, 0.4) is 0 Å². The van der Waals surface area contributed by atoms with Crippen molar-refractivity contribution >= 4 is 57.2 Å². The van der Waals surface area contributed by atoms with E-state index in [0.29, 0.717) is 0 Å². The van der Waals surface area contributed by atoms with Crippen molar-refractivity contribution in [2.24, 2.45) is 0 Å². The third-order valence-corrected chi connectivity index (χ3v) is 8.44. The summed E-state index contributed by atoms with van der Waals surface area (Å²) in [6, 6.07) is 38.1. The number of benzene rings is 5. The van der Waals surface area contributed by atoms with Gasteiger partial charge in [0.15, 0.2) is 0 Å². The molecule has 5 aromatic rings. The summed E-state index contributed by atoms with van der Waals surface area (Å²) in [5.74, 6) is 0. The molecule has 2 nitrogen and oxygen atoms in total. The molecule has 37 heavy (non-hydrogen) atoms. The van der Waals surface area contributed by atoms with Crippen LogP contribution >= 0.6 is 0 Å². The highest BCUT2D eigenvalue weighted by molar-refractivity contribution is 7.00. The second-order valence-electron chi connectivity index (χ2n) is 10.4. The molecule has 178 valence electrons. The Morgan fingerprint density at radius 1 is 0.405 bits per heavy atom. The molecule has 0 fully saturated rings. The predicted octanol–water partition coefficient (Wildman–Crippen LogP) is 7.00. The predicted molar refractivity (Wildman–Crippen MR) is 159 cm³/mol. The Morgan fingerprint density at radius 3 is 1.27 bits per heavy atom. The maximum Gasteiger partial charge on any atom is 0.252 e. The van der Waals surface area contributed by atoms with Crippen molar-refractivity contribution < 1.29 is 0 Å². The van der Waals surface area contributed by atoms with E-state index in [1.807, 2.05) is 0 Å². The molecule has 0 N–H and O–H groups in total. The van der Waals surface area contributed by atoms with Crippen LogP contribution < -0.4 is 26.2 Å². The zero-order valence-corrected chi connectivity index (χ0v) is 21.8. The summed E-state index contributed by atoms with van der Waals surface area (Å²) in [6.45, 7) is 9.08. The molecule has 0 aromatic heterocycles.